The van der Waals surface area contributed by atoms with Crippen LogP contribution in [0.5, 0.6) is 0 Å². The molecule has 1 N–H and O–H groups in total. The summed E-state index contributed by atoms with van der Waals surface area (Å²) in [5.41, 5.74) is 3.29. The number of aryl methyl sites for hydroxylation is 1. The smallest absolute Gasteiger partial charge is 0.263 e. The third kappa shape index (κ3) is 3.55. The van der Waals surface area contributed by atoms with Gasteiger partial charge in [-0.1, -0.05) is 48.5 Å². The molecule has 30 heavy (non-hydrogen) atoms. The first-order valence-corrected chi connectivity index (χ1v) is 12.1. The molecule has 5 rings (SSSR count). The van der Waals surface area contributed by atoms with Crippen molar-refractivity contribution in [2.75, 3.05) is 16.0 Å². The molecule has 0 bridgehead atoms. The summed E-state index contributed by atoms with van der Waals surface area (Å²) in [6.45, 7) is 0. The van der Waals surface area contributed by atoms with Gasteiger partial charge in [0.25, 0.3) is 5.91 Å². The van der Waals surface area contributed by atoms with Crippen molar-refractivity contribution in [2.45, 2.75) is 31.2 Å². The van der Waals surface area contributed by atoms with Crippen molar-refractivity contribution in [2.24, 2.45) is 0 Å². The van der Waals surface area contributed by atoms with Crippen LogP contribution in [0.25, 0.3) is 0 Å². The van der Waals surface area contributed by atoms with Gasteiger partial charge in [0.15, 0.2) is 11.3 Å². The number of anilines is 2. The number of para-hydroxylation sites is 1. The van der Waals surface area contributed by atoms with Gasteiger partial charge >= 0.3 is 0 Å². The predicted octanol–water partition coefficient (Wildman–Crippen LogP) is 5.60. The third-order valence-corrected chi connectivity index (χ3v) is 7.89. The van der Waals surface area contributed by atoms with Crippen LogP contribution in [-0.4, -0.2) is 22.9 Å². The van der Waals surface area contributed by atoms with Crippen molar-refractivity contribution in [1.29, 1.82) is 0 Å². The van der Waals surface area contributed by atoms with Crippen molar-refractivity contribution in [3.05, 3.63) is 82.2 Å². The second-order valence-corrected chi connectivity index (χ2v) is 9.70. The fraction of sp³-hybridized carbons (Fsp3) is 0.250. The van der Waals surface area contributed by atoms with Gasteiger partial charge < -0.3 is 5.32 Å². The number of nitrogens with one attached hydrogen (secondary N) is 1. The topological polar surface area (TPSA) is 49.4 Å². The Morgan fingerprint density at radius 3 is 2.50 bits per heavy atom. The molecule has 0 saturated heterocycles. The summed E-state index contributed by atoms with van der Waals surface area (Å²) >= 11 is 3.18. The predicted molar refractivity (Wildman–Crippen MR) is 125 cm³/mol. The van der Waals surface area contributed by atoms with Gasteiger partial charge in [-0.05, 0) is 43.4 Å². The molecule has 2 heterocycles. The maximum Gasteiger partial charge on any atom is 0.263 e. The number of Topliss-reactive ketones (excluding diaryl/α,β-unsaturated/α-hetero) is 1. The van der Waals surface area contributed by atoms with Gasteiger partial charge in [0, 0.05) is 16.1 Å². The number of carbonyl (C=O) groups is 2. The molecule has 1 aromatic heterocycles. The number of fused-ring (bicyclic) bond motifs is 3. The minimum absolute atomic E-state index is 0.0408. The average Bonchev–Trinajstić information content (AvgIpc) is 3.17. The fourth-order valence-corrected chi connectivity index (χ4v) is 6.54. The highest BCUT2D eigenvalue weighted by Crippen LogP contribution is 2.44. The van der Waals surface area contributed by atoms with E-state index in [0.29, 0.717) is 11.3 Å². The van der Waals surface area contributed by atoms with E-state index < -0.39 is 0 Å². The molecule has 3 aromatic rings. The number of nitrogens with zero attached hydrogens (tertiary/aromatic N) is 1. The Morgan fingerprint density at radius 1 is 1.03 bits per heavy atom. The minimum atomic E-state index is -0.319. The minimum Gasteiger partial charge on any atom is -0.347 e. The zero-order valence-electron chi connectivity index (χ0n) is 16.5. The van der Waals surface area contributed by atoms with Crippen molar-refractivity contribution >= 4 is 45.5 Å². The van der Waals surface area contributed by atoms with Gasteiger partial charge in [-0.3, -0.25) is 14.5 Å². The van der Waals surface area contributed by atoms with E-state index in [9.17, 15) is 9.59 Å². The average molecular weight is 435 g/mol. The van der Waals surface area contributed by atoms with E-state index in [4.69, 9.17) is 0 Å². The zero-order chi connectivity index (χ0) is 20.5. The molecule has 1 unspecified atom stereocenters. The summed E-state index contributed by atoms with van der Waals surface area (Å²) in [5.74, 6) is 0.414. The molecule has 1 aliphatic heterocycles. The van der Waals surface area contributed by atoms with Crippen LogP contribution in [0.3, 0.4) is 0 Å². The monoisotopic (exact) mass is 434 g/mol. The Bertz CT molecular complexity index is 1080. The number of ketones is 1. The van der Waals surface area contributed by atoms with Gasteiger partial charge in [-0.15, -0.1) is 23.1 Å². The van der Waals surface area contributed by atoms with Crippen molar-refractivity contribution < 1.29 is 9.59 Å². The van der Waals surface area contributed by atoms with Crippen molar-refractivity contribution in [3.8, 4) is 0 Å². The number of benzene rings is 2. The van der Waals surface area contributed by atoms with E-state index >= 15 is 0 Å². The van der Waals surface area contributed by atoms with Gasteiger partial charge in [-0.25, -0.2) is 0 Å². The van der Waals surface area contributed by atoms with E-state index in [0.717, 1.165) is 35.5 Å². The van der Waals surface area contributed by atoms with Crippen LogP contribution < -0.4 is 10.2 Å². The lowest BCUT2D eigenvalue weighted by atomic mass is 9.94. The highest BCUT2D eigenvalue weighted by atomic mass is 32.2. The number of thioether (sulfide) groups is 1. The van der Waals surface area contributed by atoms with Gasteiger partial charge in [-0.2, -0.15) is 0 Å². The summed E-state index contributed by atoms with van der Waals surface area (Å²) in [5, 5.41) is 4.54. The number of hydrogen-bond donors (Lipinski definition) is 1. The van der Waals surface area contributed by atoms with Crippen molar-refractivity contribution in [1.82, 2.24) is 0 Å². The molecule has 1 aliphatic carbocycles. The van der Waals surface area contributed by atoms with Crippen LogP contribution in [0.4, 0.5) is 10.7 Å². The summed E-state index contributed by atoms with van der Waals surface area (Å²) in [6, 6.07) is 19.1. The Balaban J connectivity index is 1.46. The molecule has 0 spiro atoms. The molecule has 1 atom stereocenters. The quantitative estimate of drug-likeness (QED) is 0.531. The van der Waals surface area contributed by atoms with E-state index in [1.54, 1.807) is 11.3 Å². The molecule has 4 nitrogen and oxygen atoms in total. The lowest BCUT2D eigenvalue weighted by Crippen LogP contribution is -2.47. The van der Waals surface area contributed by atoms with Gasteiger partial charge in [0.2, 0.25) is 0 Å². The first-order valence-electron chi connectivity index (χ1n) is 10.2. The molecule has 2 aromatic carbocycles. The summed E-state index contributed by atoms with van der Waals surface area (Å²) in [7, 11) is 0. The molecular weight excluding hydrogens is 412 g/mol. The fourth-order valence-electron chi connectivity index (χ4n) is 4.12. The second-order valence-electron chi connectivity index (χ2n) is 7.52. The van der Waals surface area contributed by atoms with Crippen LogP contribution in [-0.2, 0) is 12.8 Å². The lowest BCUT2D eigenvalue weighted by molar-refractivity contribution is 0.0979. The molecule has 0 saturated carbocycles. The molecule has 0 radical (unpaired) electrons. The highest BCUT2D eigenvalue weighted by molar-refractivity contribution is 8.00. The lowest BCUT2D eigenvalue weighted by Gasteiger charge is -2.36. The maximum absolute atomic E-state index is 13.7. The zero-order valence-corrected chi connectivity index (χ0v) is 18.1. The molecule has 2 aliphatic rings. The number of hydrogen-bond acceptors (Lipinski definition) is 5. The molecule has 0 fully saturated rings. The van der Waals surface area contributed by atoms with Crippen LogP contribution >= 0.6 is 23.1 Å². The largest absolute Gasteiger partial charge is 0.347 e. The van der Waals surface area contributed by atoms with E-state index in [-0.39, 0.29) is 17.2 Å². The Kier molecular flexibility index (Phi) is 5.35. The number of carbonyl (C=O) groups excluding carboxylic acids is 2. The first kappa shape index (κ1) is 19.4. The summed E-state index contributed by atoms with van der Waals surface area (Å²) in [6.07, 6.45) is 4.35. The number of thiophene rings is 1. The maximum atomic E-state index is 13.7. The van der Waals surface area contributed by atoms with Crippen LogP contribution in [0.2, 0.25) is 0 Å². The number of rotatable bonds is 5. The van der Waals surface area contributed by atoms with E-state index in [1.165, 1.54) is 28.6 Å². The van der Waals surface area contributed by atoms with Crippen LogP contribution in [0.15, 0.2) is 60.7 Å². The van der Waals surface area contributed by atoms with E-state index in [1.807, 2.05) is 65.6 Å². The van der Waals surface area contributed by atoms with E-state index in [2.05, 4.69) is 5.32 Å². The Morgan fingerprint density at radius 2 is 1.73 bits per heavy atom. The standard InChI is InChI=1S/C24H22N2O2S2/c27-19(16-9-3-1-4-10-16)15-29-24-25-22-21(18-13-7-8-14-20(18)30-22)23(28)26(24)17-11-5-2-6-12-17/h1-6,9-12,24-25H,7-8,13-15H2. The van der Waals surface area contributed by atoms with Crippen LogP contribution in [0.1, 0.15) is 44.0 Å². The normalized spacial score (nSPS) is 17.8. The summed E-state index contributed by atoms with van der Waals surface area (Å²) < 4.78 is 0. The second kappa shape index (κ2) is 8.28. The Hall–Kier alpha value is -2.57. The molecule has 6 heteroatoms. The van der Waals surface area contributed by atoms with Gasteiger partial charge in [0.05, 0.1) is 11.3 Å². The highest BCUT2D eigenvalue weighted by Gasteiger charge is 2.38. The molecular formula is C24H22N2O2S2. The first-order chi connectivity index (χ1) is 14.7. The van der Waals surface area contributed by atoms with Crippen molar-refractivity contribution in [3.63, 3.8) is 0 Å². The Labute approximate surface area is 184 Å². The molecule has 1 amide bonds. The number of amides is 1. The molecule has 152 valence electrons. The summed E-state index contributed by atoms with van der Waals surface area (Å²) in [4.78, 5) is 29.5. The van der Waals surface area contributed by atoms with Crippen LogP contribution in [0, 0.1) is 0 Å². The SMILES string of the molecule is O=C(CSC1Nc2sc3c(c2C(=O)N1c1ccccc1)CCCC3)c1ccccc1. The van der Waals surface area contributed by atoms with Gasteiger partial charge in [0.1, 0.15) is 5.00 Å². The third-order valence-electron chi connectivity index (χ3n) is 5.60.